The largest absolute Gasteiger partial charge is 0.478 e. The fourth-order valence-electron chi connectivity index (χ4n) is 2.64. The normalized spacial score (nSPS) is 15.6. The van der Waals surface area contributed by atoms with Gasteiger partial charge in [0.25, 0.3) is 0 Å². The molecule has 0 bridgehead atoms. The van der Waals surface area contributed by atoms with Crippen LogP contribution in [0.25, 0.3) is 5.69 Å². The fourth-order valence-corrected chi connectivity index (χ4v) is 3.29. The van der Waals surface area contributed by atoms with E-state index in [0.29, 0.717) is 5.69 Å². The summed E-state index contributed by atoms with van der Waals surface area (Å²) in [5.41, 5.74) is 0.361. The Hall–Kier alpha value is -2.28. The van der Waals surface area contributed by atoms with Gasteiger partial charge in [0.15, 0.2) is 15.6 Å². The number of carbonyl (C=O) groups is 1. The minimum Gasteiger partial charge on any atom is -0.478 e. The van der Waals surface area contributed by atoms with Crippen LogP contribution < -0.4 is 4.74 Å². The number of hydrogen-bond donors (Lipinski definition) is 1. The molecule has 116 valence electrons. The standard InChI is InChI=1S/C15H15NO5S/c1-15(2)12-5-4-6-16(12)11-8-9(22(3,19)20)7-10(14(17)18)13(11)21-15/h4-8H,1-3H3,(H,17,18). The van der Waals surface area contributed by atoms with Crippen LogP contribution >= 0.6 is 0 Å². The highest BCUT2D eigenvalue weighted by Crippen LogP contribution is 2.42. The minimum absolute atomic E-state index is 0.0494. The summed E-state index contributed by atoms with van der Waals surface area (Å²) in [5.74, 6) is -1.05. The molecular weight excluding hydrogens is 306 g/mol. The molecule has 1 aromatic heterocycles. The van der Waals surface area contributed by atoms with Crippen molar-refractivity contribution in [3.8, 4) is 11.4 Å². The van der Waals surface area contributed by atoms with Crippen LogP contribution in [0, 0.1) is 0 Å². The molecule has 1 aliphatic heterocycles. The molecular formula is C15H15NO5S. The molecule has 0 unspecified atom stereocenters. The number of rotatable bonds is 2. The smallest absolute Gasteiger partial charge is 0.339 e. The van der Waals surface area contributed by atoms with Crippen LogP contribution in [-0.2, 0) is 15.4 Å². The Morgan fingerprint density at radius 1 is 1.32 bits per heavy atom. The molecule has 22 heavy (non-hydrogen) atoms. The highest BCUT2D eigenvalue weighted by molar-refractivity contribution is 7.90. The van der Waals surface area contributed by atoms with E-state index in [0.717, 1.165) is 18.0 Å². The molecule has 0 spiro atoms. The molecule has 1 aliphatic rings. The van der Waals surface area contributed by atoms with Gasteiger partial charge in [0, 0.05) is 12.5 Å². The average Bonchev–Trinajstić information content (AvgIpc) is 2.86. The summed E-state index contributed by atoms with van der Waals surface area (Å²) in [6, 6.07) is 6.25. The maximum Gasteiger partial charge on any atom is 0.339 e. The van der Waals surface area contributed by atoms with E-state index < -0.39 is 21.4 Å². The fraction of sp³-hybridized carbons (Fsp3) is 0.267. The number of ether oxygens (including phenoxy) is 1. The zero-order chi connectivity index (χ0) is 16.3. The number of carboxylic acids is 1. The number of benzene rings is 1. The number of aromatic carboxylic acids is 1. The third kappa shape index (κ3) is 2.09. The van der Waals surface area contributed by atoms with E-state index >= 15 is 0 Å². The molecule has 3 rings (SSSR count). The first-order valence-electron chi connectivity index (χ1n) is 6.60. The molecule has 0 saturated heterocycles. The van der Waals surface area contributed by atoms with Gasteiger partial charge in [-0.1, -0.05) is 0 Å². The Morgan fingerprint density at radius 2 is 2.00 bits per heavy atom. The van der Waals surface area contributed by atoms with Gasteiger partial charge in [-0.2, -0.15) is 0 Å². The maximum atomic E-state index is 11.8. The first-order valence-corrected chi connectivity index (χ1v) is 8.49. The van der Waals surface area contributed by atoms with Crippen LogP contribution in [0.4, 0.5) is 0 Å². The first kappa shape index (κ1) is 14.6. The Kier molecular flexibility index (Phi) is 2.90. The van der Waals surface area contributed by atoms with Crippen LogP contribution in [0.5, 0.6) is 5.75 Å². The monoisotopic (exact) mass is 321 g/mol. The Bertz CT molecular complexity index is 893. The van der Waals surface area contributed by atoms with Gasteiger partial charge < -0.3 is 14.4 Å². The van der Waals surface area contributed by atoms with Crippen molar-refractivity contribution in [2.24, 2.45) is 0 Å². The quantitative estimate of drug-likeness (QED) is 0.916. The summed E-state index contributed by atoms with van der Waals surface area (Å²) < 4.78 is 31.3. The number of hydrogen-bond acceptors (Lipinski definition) is 4. The topological polar surface area (TPSA) is 85.6 Å². The van der Waals surface area contributed by atoms with Gasteiger partial charge in [0.1, 0.15) is 11.2 Å². The number of aromatic nitrogens is 1. The zero-order valence-electron chi connectivity index (χ0n) is 12.3. The molecule has 1 N–H and O–H groups in total. The number of fused-ring (bicyclic) bond motifs is 3. The second-order valence-corrected chi connectivity index (χ2v) is 7.79. The lowest BCUT2D eigenvalue weighted by Crippen LogP contribution is -2.33. The Labute approximate surface area is 127 Å². The van der Waals surface area contributed by atoms with Crippen molar-refractivity contribution in [3.05, 3.63) is 41.7 Å². The van der Waals surface area contributed by atoms with E-state index in [4.69, 9.17) is 4.74 Å². The maximum absolute atomic E-state index is 11.8. The molecule has 1 aromatic carbocycles. The predicted octanol–water partition coefficient (Wildman–Crippen LogP) is 2.21. The lowest BCUT2D eigenvalue weighted by Gasteiger charge is -2.35. The van der Waals surface area contributed by atoms with Gasteiger partial charge in [-0.05, 0) is 38.1 Å². The molecule has 0 fully saturated rings. The van der Waals surface area contributed by atoms with Crippen LogP contribution in [0.1, 0.15) is 29.9 Å². The number of carboxylic acid groups (broad SMARTS) is 1. The van der Waals surface area contributed by atoms with E-state index in [1.54, 1.807) is 10.8 Å². The average molecular weight is 321 g/mol. The lowest BCUT2D eigenvalue weighted by molar-refractivity contribution is 0.0656. The van der Waals surface area contributed by atoms with Gasteiger partial charge >= 0.3 is 5.97 Å². The van der Waals surface area contributed by atoms with Crippen LogP contribution in [-0.4, -0.2) is 30.3 Å². The van der Waals surface area contributed by atoms with Crippen LogP contribution in [0.15, 0.2) is 35.4 Å². The van der Waals surface area contributed by atoms with Crippen molar-refractivity contribution >= 4 is 15.8 Å². The molecule has 0 saturated carbocycles. The Balaban J connectivity index is 2.40. The summed E-state index contributed by atoms with van der Waals surface area (Å²) >= 11 is 0. The van der Waals surface area contributed by atoms with Gasteiger partial charge in [-0.3, -0.25) is 0 Å². The molecule has 2 aromatic rings. The number of nitrogens with zero attached hydrogens (tertiary/aromatic N) is 1. The van der Waals surface area contributed by atoms with Crippen molar-refractivity contribution in [2.75, 3.05) is 6.26 Å². The van der Waals surface area contributed by atoms with Crippen molar-refractivity contribution in [1.29, 1.82) is 0 Å². The Morgan fingerprint density at radius 3 is 2.59 bits per heavy atom. The second kappa shape index (κ2) is 4.36. The van der Waals surface area contributed by atoms with Gasteiger partial charge in [0.05, 0.1) is 16.3 Å². The molecule has 6 nitrogen and oxygen atoms in total. The zero-order valence-corrected chi connectivity index (χ0v) is 13.1. The van der Waals surface area contributed by atoms with Crippen molar-refractivity contribution in [2.45, 2.75) is 24.3 Å². The summed E-state index contributed by atoms with van der Waals surface area (Å²) in [6.45, 7) is 3.66. The van der Waals surface area contributed by atoms with E-state index in [9.17, 15) is 18.3 Å². The first-order chi connectivity index (χ1) is 10.1. The molecule has 2 heterocycles. The molecule has 0 amide bonds. The number of sulfone groups is 1. The summed E-state index contributed by atoms with van der Waals surface area (Å²) in [6.07, 6.45) is 2.81. The van der Waals surface area contributed by atoms with Crippen molar-refractivity contribution in [3.63, 3.8) is 0 Å². The second-order valence-electron chi connectivity index (χ2n) is 5.77. The third-order valence-corrected chi connectivity index (χ3v) is 4.78. The van der Waals surface area contributed by atoms with Gasteiger partial charge in [0.2, 0.25) is 0 Å². The van der Waals surface area contributed by atoms with E-state index in [-0.39, 0.29) is 16.2 Å². The van der Waals surface area contributed by atoms with E-state index in [2.05, 4.69) is 0 Å². The molecule has 0 radical (unpaired) electrons. The van der Waals surface area contributed by atoms with Crippen molar-refractivity contribution < 1.29 is 23.1 Å². The summed E-state index contributed by atoms with van der Waals surface area (Å²) in [7, 11) is -3.54. The van der Waals surface area contributed by atoms with Gasteiger partial charge in [-0.15, -0.1) is 0 Å². The highest BCUT2D eigenvalue weighted by atomic mass is 32.2. The van der Waals surface area contributed by atoms with Crippen LogP contribution in [0.3, 0.4) is 0 Å². The van der Waals surface area contributed by atoms with Crippen molar-refractivity contribution in [1.82, 2.24) is 4.57 Å². The van der Waals surface area contributed by atoms with E-state index in [1.807, 2.05) is 26.0 Å². The predicted molar refractivity (Wildman–Crippen MR) is 79.5 cm³/mol. The lowest BCUT2D eigenvalue weighted by atomic mass is 10.0. The third-order valence-electron chi connectivity index (χ3n) is 3.68. The van der Waals surface area contributed by atoms with Gasteiger partial charge in [-0.25, -0.2) is 13.2 Å². The SMILES string of the molecule is CC1(C)Oc2c(C(=O)O)cc(S(C)(=O)=O)cc2-n2cccc21. The summed E-state index contributed by atoms with van der Waals surface area (Å²) in [5, 5.41) is 9.42. The van der Waals surface area contributed by atoms with E-state index in [1.165, 1.54) is 6.07 Å². The highest BCUT2D eigenvalue weighted by Gasteiger charge is 2.36. The molecule has 0 atom stereocenters. The molecule has 7 heteroatoms. The minimum atomic E-state index is -3.54. The summed E-state index contributed by atoms with van der Waals surface area (Å²) in [4.78, 5) is 11.5. The van der Waals surface area contributed by atoms with Crippen LogP contribution in [0.2, 0.25) is 0 Å². The molecule has 0 aliphatic carbocycles.